The van der Waals surface area contributed by atoms with E-state index in [4.69, 9.17) is 9.47 Å². The maximum atomic E-state index is 13.0. The summed E-state index contributed by atoms with van der Waals surface area (Å²) in [6.45, 7) is 10.2. The Morgan fingerprint density at radius 1 is 1.12 bits per heavy atom. The van der Waals surface area contributed by atoms with E-state index in [0.29, 0.717) is 12.3 Å². The molecule has 4 N–H and O–H groups in total. The molecule has 32 heavy (non-hydrogen) atoms. The number of carbonyl (C=O) groups excluding carboxylic acids is 2. The van der Waals surface area contributed by atoms with Crippen LogP contribution in [-0.4, -0.2) is 71.2 Å². The maximum Gasteiger partial charge on any atom is 0.303 e. The maximum absolute atomic E-state index is 13.0. The number of hydrogen-bond donors (Lipinski definition) is 4. The van der Waals surface area contributed by atoms with Gasteiger partial charge in [-0.2, -0.15) is 0 Å². The normalized spacial score (nSPS) is 33.8. The van der Waals surface area contributed by atoms with Gasteiger partial charge in [0.25, 0.3) is 0 Å². The van der Waals surface area contributed by atoms with Crippen molar-refractivity contribution in [2.24, 2.45) is 11.8 Å². The number of hydrogen-bond acceptors (Lipinski definition) is 7. The minimum Gasteiger partial charge on any atom is -0.457 e. The van der Waals surface area contributed by atoms with Gasteiger partial charge in [-0.05, 0) is 37.6 Å². The van der Waals surface area contributed by atoms with E-state index in [0.717, 1.165) is 25.8 Å². The molecule has 2 rings (SSSR count). The Morgan fingerprint density at radius 2 is 1.84 bits per heavy atom. The molecule has 2 heterocycles. The number of rotatable bonds is 11. The lowest BCUT2D eigenvalue weighted by Crippen LogP contribution is -2.65. The zero-order chi connectivity index (χ0) is 23.8. The highest BCUT2D eigenvalue weighted by molar-refractivity contribution is 5.82. The molecule has 8 nitrogen and oxygen atoms in total. The van der Waals surface area contributed by atoms with Crippen LogP contribution in [0.4, 0.5) is 0 Å². The SMILES string of the molecule is CCCCC[C@H]1CN[C@H](C(=O)N[C@H](C(C)C)[C@H]2O[C@H](CCC)[C@H](OC(C)=O)[C@@H](O)[C@H]2O)C1. The number of esters is 1. The van der Waals surface area contributed by atoms with Crippen LogP contribution in [0.5, 0.6) is 0 Å². The Kier molecular flexibility index (Phi) is 10.9. The van der Waals surface area contributed by atoms with Crippen molar-refractivity contribution in [2.75, 3.05) is 6.54 Å². The number of amides is 1. The summed E-state index contributed by atoms with van der Waals surface area (Å²) in [4.78, 5) is 24.5. The number of unbranched alkanes of at least 4 members (excludes halogenated alkanes) is 2. The van der Waals surface area contributed by atoms with E-state index in [1.54, 1.807) is 0 Å². The van der Waals surface area contributed by atoms with Gasteiger partial charge in [-0.25, -0.2) is 0 Å². The number of aliphatic hydroxyl groups excluding tert-OH is 2. The second kappa shape index (κ2) is 12.9. The number of carbonyl (C=O) groups is 2. The first kappa shape index (κ1) is 27.0. The highest BCUT2D eigenvalue weighted by Gasteiger charge is 2.49. The Morgan fingerprint density at radius 3 is 2.44 bits per heavy atom. The van der Waals surface area contributed by atoms with Crippen molar-refractivity contribution in [3.63, 3.8) is 0 Å². The van der Waals surface area contributed by atoms with Crippen LogP contribution >= 0.6 is 0 Å². The summed E-state index contributed by atoms with van der Waals surface area (Å²) >= 11 is 0. The highest BCUT2D eigenvalue weighted by atomic mass is 16.6. The highest BCUT2D eigenvalue weighted by Crippen LogP contribution is 2.30. The lowest BCUT2D eigenvalue weighted by molar-refractivity contribution is -0.240. The summed E-state index contributed by atoms with van der Waals surface area (Å²) in [5, 5.41) is 28.0. The fraction of sp³-hybridized carbons (Fsp3) is 0.917. The Hall–Kier alpha value is -1.22. The summed E-state index contributed by atoms with van der Waals surface area (Å²) in [5.74, 6) is -0.147. The molecule has 0 unspecified atom stereocenters. The van der Waals surface area contributed by atoms with Gasteiger partial charge < -0.3 is 30.3 Å². The van der Waals surface area contributed by atoms with Gasteiger partial charge in [0, 0.05) is 6.92 Å². The molecule has 1 amide bonds. The number of ether oxygens (including phenoxy) is 2. The van der Waals surface area contributed by atoms with E-state index < -0.39 is 42.5 Å². The molecule has 0 radical (unpaired) electrons. The zero-order valence-corrected chi connectivity index (χ0v) is 20.4. The van der Waals surface area contributed by atoms with Gasteiger partial charge in [-0.1, -0.05) is 53.4 Å². The molecule has 2 fully saturated rings. The second-order valence-corrected chi connectivity index (χ2v) is 9.82. The molecular formula is C24H44N2O6. The van der Waals surface area contributed by atoms with Gasteiger partial charge in [0.05, 0.1) is 18.2 Å². The predicted octanol–water partition coefficient (Wildman–Crippen LogP) is 1.91. The molecule has 8 atom stereocenters. The summed E-state index contributed by atoms with van der Waals surface area (Å²) < 4.78 is 11.4. The van der Waals surface area contributed by atoms with E-state index >= 15 is 0 Å². The molecule has 0 aromatic rings. The fourth-order valence-corrected chi connectivity index (χ4v) is 4.92. The van der Waals surface area contributed by atoms with Crippen molar-refractivity contribution in [2.45, 2.75) is 122 Å². The molecule has 0 aliphatic carbocycles. The topological polar surface area (TPSA) is 117 Å². The first-order chi connectivity index (χ1) is 15.2. The largest absolute Gasteiger partial charge is 0.457 e. The van der Waals surface area contributed by atoms with Gasteiger partial charge >= 0.3 is 5.97 Å². The molecule has 0 saturated carbocycles. The average molecular weight is 457 g/mol. The smallest absolute Gasteiger partial charge is 0.303 e. The third kappa shape index (κ3) is 7.14. The second-order valence-electron chi connectivity index (χ2n) is 9.82. The molecular weight excluding hydrogens is 412 g/mol. The van der Waals surface area contributed by atoms with Crippen molar-refractivity contribution < 1.29 is 29.3 Å². The third-order valence-corrected chi connectivity index (χ3v) is 6.73. The molecule has 8 heteroatoms. The monoisotopic (exact) mass is 456 g/mol. The molecule has 0 spiro atoms. The Labute approximate surface area is 192 Å². The minimum atomic E-state index is -1.28. The van der Waals surface area contributed by atoms with Crippen LogP contribution in [0.15, 0.2) is 0 Å². The first-order valence-corrected chi connectivity index (χ1v) is 12.4. The molecule has 0 aromatic heterocycles. The van der Waals surface area contributed by atoms with Gasteiger partial charge in [0.15, 0.2) is 6.10 Å². The van der Waals surface area contributed by atoms with E-state index in [2.05, 4.69) is 17.6 Å². The van der Waals surface area contributed by atoms with Crippen molar-refractivity contribution >= 4 is 11.9 Å². The van der Waals surface area contributed by atoms with Crippen molar-refractivity contribution in [1.82, 2.24) is 10.6 Å². The summed E-state index contributed by atoms with van der Waals surface area (Å²) in [7, 11) is 0. The molecule has 186 valence electrons. The zero-order valence-electron chi connectivity index (χ0n) is 20.4. The van der Waals surface area contributed by atoms with Gasteiger partial charge in [-0.15, -0.1) is 0 Å². The lowest BCUT2D eigenvalue weighted by atomic mass is 9.85. The summed E-state index contributed by atoms with van der Waals surface area (Å²) in [5.41, 5.74) is 0. The summed E-state index contributed by atoms with van der Waals surface area (Å²) in [6.07, 6.45) is 2.05. The van der Waals surface area contributed by atoms with Gasteiger partial charge in [-0.3, -0.25) is 9.59 Å². The predicted molar refractivity (Wildman–Crippen MR) is 122 cm³/mol. The molecule has 2 aliphatic heterocycles. The fourth-order valence-electron chi connectivity index (χ4n) is 4.92. The van der Waals surface area contributed by atoms with Crippen LogP contribution < -0.4 is 10.6 Å². The van der Waals surface area contributed by atoms with E-state index in [9.17, 15) is 19.8 Å². The van der Waals surface area contributed by atoms with Crippen LogP contribution in [0.25, 0.3) is 0 Å². The van der Waals surface area contributed by atoms with Crippen LogP contribution in [0.1, 0.15) is 79.6 Å². The molecule has 0 aromatic carbocycles. The third-order valence-electron chi connectivity index (χ3n) is 6.73. The summed E-state index contributed by atoms with van der Waals surface area (Å²) in [6, 6.07) is -0.737. The van der Waals surface area contributed by atoms with Crippen LogP contribution in [-0.2, 0) is 19.1 Å². The van der Waals surface area contributed by atoms with E-state index in [1.807, 2.05) is 20.8 Å². The minimum absolute atomic E-state index is 0.0277. The Bertz CT molecular complexity index is 601. The molecule has 2 saturated heterocycles. The quantitative estimate of drug-likeness (QED) is 0.277. The molecule has 0 bridgehead atoms. The van der Waals surface area contributed by atoms with Crippen molar-refractivity contribution in [1.29, 1.82) is 0 Å². The van der Waals surface area contributed by atoms with Crippen LogP contribution in [0.2, 0.25) is 0 Å². The first-order valence-electron chi connectivity index (χ1n) is 12.4. The van der Waals surface area contributed by atoms with E-state index in [-0.39, 0.29) is 17.9 Å². The Balaban J connectivity index is 2.05. The molecule has 2 aliphatic rings. The standard InChI is InChI=1S/C24H44N2O6/c1-6-8-9-11-16-12-17(25-13-16)24(30)26-19(14(3)4)23-21(29)20(28)22(31-15(5)27)18(32-23)10-7-2/h14,16-23,25,28-29H,6-13H2,1-5H3,(H,26,30)/t16-,17+,18-,19-,20+,21-,22+,23-/m1/s1. The number of aliphatic hydroxyl groups is 2. The van der Waals surface area contributed by atoms with Crippen molar-refractivity contribution in [3.05, 3.63) is 0 Å². The van der Waals surface area contributed by atoms with Crippen LogP contribution in [0.3, 0.4) is 0 Å². The van der Waals surface area contributed by atoms with Crippen molar-refractivity contribution in [3.8, 4) is 0 Å². The number of nitrogens with one attached hydrogen (secondary N) is 2. The van der Waals surface area contributed by atoms with E-state index in [1.165, 1.54) is 26.2 Å². The van der Waals surface area contributed by atoms with Gasteiger partial charge in [0.1, 0.15) is 18.3 Å². The average Bonchev–Trinajstić information content (AvgIpc) is 3.20. The van der Waals surface area contributed by atoms with Crippen LogP contribution in [0, 0.1) is 11.8 Å². The van der Waals surface area contributed by atoms with Gasteiger partial charge in [0.2, 0.25) is 5.91 Å². The lowest BCUT2D eigenvalue weighted by Gasteiger charge is -2.46.